The molecule has 0 radical (unpaired) electrons. The molecule has 1 amide bonds. The van der Waals surface area contributed by atoms with E-state index in [0.29, 0.717) is 22.7 Å². The van der Waals surface area contributed by atoms with Crippen molar-refractivity contribution in [2.45, 2.75) is 56.2 Å². The van der Waals surface area contributed by atoms with E-state index in [9.17, 15) is 37.4 Å². The number of ether oxygens (including phenoxy) is 1. The van der Waals surface area contributed by atoms with Gasteiger partial charge in [0.15, 0.2) is 6.67 Å². The molecule has 13 heteroatoms. The van der Waals surface area contributed by atoms with E-state index in [0.717, 1.165) is 18.2 Å². The summed E-state index contributed by atoms with van der Waals surface area (Å²) < 4.78 is 47.6. The Kier molecular flexibility index (Phi) is 9.29. The number of hydrogen-bond acceptors (Lipinski definition) is 7. The molecule has 0 spiro atoms. The normalized spacial score (nSPS) is 24.1. The predicted octanol–water partition coefficient (Wildman–Crippen LogP) is 3.63. The van der Waals surface area contributed by atoms with E-state index >= 15 is 0 Å². The molecule has 226 valence electrons. The molecule has 0 saturated carbocycles. The van der Waals surface area contributed by atoms with Crippen LogP contribution < -0.4 is 9.41 Å². The highest BCUT2D eigenvalue weighted by atomic mass is 35.5. The minimum atomic E-state index is -4.68. The summed E-state index contributed by atoms with van der Waals surface area (Å²) in [4.78, 5) is 38.9. The van der Waals surface area contributed by atoms with Gasteiger partial charge < -0.3 is 19.7 Å². The van der Waals surface area contributed by atoms with Gasteiger partial charge in [-0.15, -0.1) is 0 Å². The smallest absolute Gasteiger partial charge is 0.366 e. The first-order valence-corrected chi connectivity index (χ1v) is 15.5. The van der Waals surface area contributed by atoms with Crippen molar-refractivity contribution in [1.82, 2.24) is 0 Å². The van der Waals surface area contributed by atoms with Gasteiger partial charge >= 0.3 is 11.9 Å². The van der Waals surface area contributed by atoms with Gasteiger partial charge in [0.05, 0.1) is 29.4 Å². The van der Waals surface area contributed by atoms with Gasteiger partial charge in [-0.25, -0.2) is 31.2 Å². The Hall–Kier alpha value is -3.48. The van der Waals surface area contributed by atoms with Gasteiger partial charge in [-0.05, 0) is 49.9 Å². The van der Waals surface area contributed by atoms with Crippen LogP contribution in [-0.4, -0.2) is 66.6 Å². The number of anilines is 1. The number of hydrogen-bond donors (Lipinski definition) is 1. The molecule has 2 unspecified atom stereocenters. The largest absolute Gasteiger partial charge is 0.498 e. The van der Waals surface area contributed by atoms with Crippen LogP contribution >= 0.6 is 11.6 Å². The molecule has 2 aromatic rings. The molecule has 0 aromatic heterocycles. The lowest BCUT2D eigenvalue weighted by atomic mass is 9.86. The first-order chi connectivity index (χ1) is 19.9. The summed E-state index contributed by atoms with van der Waals surface area (Å²) in [5, 5.41) is 21.9. The Balaban J connectivity index is 1.91. The molecular weight excluding hydrogens is 591 g/mol. The van der Waals surface area contributed by atoms with Gasteiger partial charge in [0.1, 0.15) is 11.1 Å². The summed E-state index contributed by atoms with van der Waals surface area (Å²) in [6.07, 6.45) is 0.393. The van der Waals surface area contributed by atoms with Crippen LogP contribution in [0.1, 0.15) is 44.6 Å². The molecule has 2 aliphatic rings. The number of sulfonamides is 1. The lowest BCUT2D eigenvalue weighted by Crippen LogP contribution is -2.74. The highest BCUT2D eigenvalue weighted by Crippen LogP contribution is 2.43. The standard InChI is InChI=1S/C29H32ClFN2O8S/c1-2-41-26(34)22-11-6-7-12-25(22)42(39,40)32(24-14-13-21(31)17-23(24)30)19-33(28(37)38)16-8-15-29(33,27(35)36)18-20-9-4-3-5-10-20/h3-5,9-11,13-14,17,25H,2,6-8,12,15-16,18-19H2,1H3,(H-,35,36,37,38)/t25?,29-,33?/m0/s1. The maximum absolute atomic E-state index is 14.5. The van der Waals surface area contributed by atoms with E-state index < -0.39 is 55.8 Å². The molecule has 4 rings (SSSR count). The molecule has 1 heterocycles. The van der Waals surface area contributed by atoms with Crippen LogP contribution in [0, 0.1) is 5.82 Å². The van der Waals surface area contributed by atoms with Crippen LogP contribution in [0.15, 0.2) is 60.2 Å². The lowest BCUT2D eigenvalue weighted by molar-refractivity contribution is -0.902. The number of rotatable bonds is 10. The number of quaternary nitrogens is 1. The fourth-order valence-electron chi connectivity index (χ4n) is 6.07. The fraction of sp³-hybridized carbons (Fsp3) is 0.414. The first-order valence-electron chi connectivity index (χ1n) is 13.6. The number of esters is 1. The maximum Gasteiger partial charge on any atom is 0.366 e. The van der Waals surface area contributed by atoms with Crippen LogP contribution in [0.4, 0.5) is 14.9 Å². The van der Waals surface area contributed by atoms with Crippen LogP contribution in [0.2, 0.25) is 5.02 Å². The molecule has 2 aromatic carbocycles. The molecule has 1 fully saturated rings. The molecule has 0 bridgehead atoms. The zero-order valence-corrected chi connectivity index (χ0v) is 24.6. The third kappa shape index (κ3) is 5.62. The van der Waals surface area contributed by atoms with Gasteiger partial charge in [-0.2, -0.15) is 0 Å². The number of carbonyl (C=O) groups excluding carboxylic acids is 2. The summed E-state index contributed by atoms with van der Waals surface area (Å²) in [6, 6.07) is 11.4. The zero-order valence-electron chi connectivity index (χ0n) is 23.0. The number of likely N-dealkylation sites (tertiary alicyclic amines) is 1. The van der Waals surface area contributed by atoms with Gasteiger partial charge in [-0.3, -0.25) is 0 Å². The average molecular weight is 623 g/mol. The van der Waals surface area contributed by atoms with Crippen molar-refractivity contribution in [1.29, 1.82) is 0 Å². The van der Waals surface area contributed by atoms with Gasteiger partial charge in [-0.1, -0.05) is 48.0 Å². The summed E-state index contributed by atoms with van der Waals surface area (Å²) in [5.74, 6) is -3.02. The number of halogens is 2. The van der Waals surface area contributed by atoms with E-state index in [4.69, 9.17) is 16.3 Å². The third-order valence-corrected chi connectivity index (χ3v) is 10.6. The van der Waals surface area contributed by atoms with Gasteiger partial charge in [0, 0.05) is 19.3 Å². The van der Waals surface area contributed by atoms with E-state index in [1.54, 1.807) is 37.3 Å². The number of aliphatic carboxylic acids is 1. The number of carboxylic acid groups (broad SMARTS) is 2. The second kappa shape index (κ2) is 12.4. The predicted molar refractivity (Wildman–Crippen MR) is 150 cm³/mol. The van der Waals surface area contributed by atoms with Crippen molar-refractivity contribution in [3.63, 3.8) is 0 Å². The minimum absolute atomic E-state index is 0.00173. The monoisotopic (exact) mass is 622 g/mol. The zero-order chi connectivity index (χ0) is 30.7. The van der Waals surface area contributed by atoms with Crippen molar-refractivity contribution >= 4 is 45.3 Å². The maximum atomic E-state index is 14.5. The molecule has 42 heavy (non-hydrogen) atoms. The van der Waals surface area contributed by atoms with Crippen molar-refractivity contribution in [3.05, 3.63) is 76.6 Å². The number of carboxylic acids is 1. The van der Waals surface area contributed by atoms with E-state index in [2.05, 4.69) is 0 Å². The van der Waals surface area contributed by atoms with Crippen molar-refractivity contribution in [3.8, 4) is 0 Å². The summed E-state index contributed by atoms with van der Waals surface area (Å²) >= 11 is 6.35. The molecule has 1 aliphatic heterocycles. The van der Waals surface area contributed by atoms with Crippen LogP contribution in [0.3, 0.4) is 0 Å². The van der Waals surface area contributed by atoms with Crippen LogP contribution in [-0.2, 0) is 30.8 Å². The molecular formula is C29H32ClFN2O8S. The Bertz CT molecular complexity index is 1500. The Morgan fingerprint density at radius 3 is 2.52 bits per heavy atom. The average Bonchev–Trinajstić information content (AvgIpc) is 3.33. The van der Waals surface area contributed by atoms with Gasteiger partial charge in [0.25, 0.3) is 6.09 Å². The summed E-state index contributed by atoms with van der Waals surface area (Å²) in [6.45, 7) is 0.413. The van der Waals surface area contributed by atoms with Crippen LogP contribution in [0.5, 0.6) is 0 Å². The summed E-state index contributed by atoms with van der Waals surface area (Å²) in [7, 11) is -4.68. The molecule has 10 nitrogen and oxygen atoms in total. The molecule has 3 atom stereocenters. The Morgan fingerprint density at radius 1 is 1.19 bits per heavy atom. The SMILES string of the molecule is CCOC(=O)C1=CCCCC1S(=O)(=O)N(C[N+]1(C(=O)[O-])CCC[C@]1(Cc1ccccc1)C(=O)O)c1ccc(F)cc1Cl. The number of amides is 1. The summed E-state index contributed by atoms with van der Waals surface area (Å²) in [5.41, 5.74) is -1.83. The Labute approximate surface area is 248 Å². The highest BCUT2D eigenvalue weighted by Gasteiger charge is 2.63. The van der Waals surface area contributed by atoms with E-state index in [-0.39, 0.29) is 55.1 Å². The van der Waals surface area contributed by atoms with Crippen molar-refractivity contribution in [2.75, 3.05) is 24.1 Å². The number of nitrogens with zero attached hydrogens (tertiary/aromatic N) is 2. The fourth-order valence-corrected chi connectivity index (χ4v) is 8.47. The van der Waals surface area contributed by atoms with E-state index in [1.807, 2.05) is 0 Å². The third-order valence-electron chi connectivity index (χ3n) is 8.14. The molecule has 1 saturated heterocycles. The Morgan fingerprint density at radius 2 is 1.90 bits per heavy atom. The first kappa shape index (κ1) is 31.5. The minimum Gasteiger partial charge on any atom is -0.498 e. The molecule has 1 aliphatic carbocycles. The second-order valence-electron chi connectivity index (χ2n) is 10.5. The second-order valence-corrected chi connectivity index (χ2v) is 12.9. The number of benzene rings is 2. The lowest BCUT2D eigenvalue weighted by Gasteiger charge is -2.48. The van der Waals surface area contributed by atoms with Crippen molar-refractivity contribution < 1.29 is 46.6 Å². The quantitative estimate of drug-likeness (QED) is 0.313. The highest BCUT2D eigenvalue weighted by molar-refractivity contribution is 7.93. The topological polar surface area (TPSA) is 141 Å². The van der Waals surface area contributed by atoms with Crippen LogP contribution in [0.25, 0.3) is 0 Å². The number of carbonyl (C=O) groups is 3. The molecule has 1 N–H and O–H groups in total. The van der Waals surface area contributed by atoms with E-state index in [1.165, 1.54) is 6.08 Å². The number of allylic oxidation sites excluding steroid dienone is 1. The van der Waals surface area contributed by atoms with Gasteiger partial charge in [0.2, 0.25) is 15.6 Å². The van der Waals surface area contributed by atoms with Crippen molar-refractivity contribution in [2.24, 2.45) is 0 Å².